The molecule has 1 aromatic rings. The number of halogens is 1. The number of aromatic nitrogens is 1. The molecule has 0 spiro atoms. The number of nitrogens with zero attached hydrogens (tertiary/aromatic N) is 2. The maximum absolute atomic E-state index is 10.0. The van der Waals surface area contributed by atoms with Crippen molar-refractivity contribution in [3.63, 3.8) is 0 Å². The van der Waals surface area contributed by atoms with E-state index >= 15 is 0 Å². The van der Waals surface area contributed by atoms with Crippen LogP contribution in [0.25, 0.3) is 0 Å². The average Bonchev–Trinajstić information content (AvgIpc) is 2.37. The predicted octanol–water partition coefficient (Wildman–Crippen LogP) is 2.64. The highest BCUT2D eigenvalue weighted by Crippen LogP contribution is 2.19. The molecule has 1 saturated heterocycles. The monoisotopic (exact) mass is 254 g/mol. The zero-order chi connectivity index (χ0) is 12.1. The van der Waals surface area contributed by atoms with E-state index in [9.17, 15) is 5.11 Å². The van der Waals surface area contributed by atoms with Gasteiger partial charge in [0.05, 0.1) is 11.8 Å². The van der Waals surface area contributed by atoms with Crippen LogP contribution >= 0.6 is 11.6 Å². The van der Waals surface area contributed by atoms with Crippen molar-refractivity contribution >= 4 is 11.6 Å². The topological polar surface area (TPSA) is 36.4 Å². The Balaban J connectivity index is 1.82. The van der Waals surface area contributed by atoms with E-state index in [4.69, 9.17) is 11.6 Å². The van der Waals surface area contributed by atoms with Crippen molar-refractivity contribution in [1.82, 2.24) is 9.88 Å². The van der Waals surface area contributed by atoms with Crippen LogP contribution in [0, 0.1) is 0 Å². The third-order valence-electron chi connectivity index (χ3n) is 3.25. The minimum Gasteiger partial charge on any atom is -0.387 e. The average molecular weight is 255 g/mol. The Morgan fingerprint density at radius 2 is 2.12 bits per heavy atom. The largest absolute Gasteiger partial charge is 0.387 e. The minimum atomic E-state index is -0.504. The van der Waals surface area contributed by atoms with Gasteiger partial charge in [0, 0.05) is 17.8 Å². The normalized spacial score (nSPS) is 19.2. The van der Waals surface area contributed by atoms with Crippen LogP contribution < -0.4 is 0 Å². The molecule has 1 aromatic heterocycles. The molecule has 1 aliphatic rings. The molecule has 1 N–H and O–H groups in total. The van der Waals surface area contributed by atoms with Gasteiger partial charge < -0.3 is 10.0 Å². The molecule has 0 saturated carbocycles. The lowest BCUT2D eigenvalue weighted by molar-refractivity contribution is 0.130. The fourth-order valence-electron chi connectivity index (χ4n) is 2.24. The maximum atomic E-state index is 10.0. The van der Waals surface area contributed by atoms with E-state index in [0.29, 0.717) is 10.7 Å². The van der Waals surface area contributed by atoms with E-state index in [1.54, 1.807) is 18.3 Å². The Hall–Kier alpha value is -0.640. The Morgan fingerprint density at radius 1 is 1.35 bits per heavy atom. The van der Waals surface area contributed by atoms with Crippen molar-refractivity contribution in [2.75, 3.05) is 19.6 Å². The number of hydrogen-bond acceptors (Lipinski definition) is 3. The molecule has 17 heavy (non-hydrogen) atoms. The van der Waals surface area contributed by atoms with Crippen LogP contribution in [0.15, 0.2) is 18.3 Å². The second kappa shape index (κ2) is 6.34. The lowest BCUT2D eigenvalue weighted by Gasteiger charge is -2.27. The number of pyridine rings is 1. The van der Waals surface area contributed by atoms with Gasteiger partial charge in [-0.1, -0.05) is 18.0 Å². The standard InChI is InChI=1S/C13H19ClN2O/c14-11-4-6-15-12(10-11)13(17)5-9-16-7-2-1-3-8-16/h4,6,10,13,17H,1-3,5,7-9H2/t13-/m0/s1. The summed E-state index contributed by atoms with van der Waals surface area (Å²) in [5.41, 5.74) is 0.675. The van der Waals surface area contributed by atoms with Crippen LogP contribution in [0.4, 0.5) is 0 Å². The first-order valence-corrected chi connectivity index (χ1v) is 6.65. The summed E-state index contributed by atoms with van der Waals surface area (Å²) < 4.78 is 0. The van der Waals surface area contributed by atoms with E-state index in [1.165, 1.54) is 19.3 Å². The molecule has 0 bridgehead atoms. The van der Waals surface area contributed by atoms with Gasteiger partial charge in [0.25, 0.3) is 0 Å². The maximum Gasteiger partial charge on any atom is 0.0972 e. The fourth-order valence-corrected chi connectivity index (χ4v) is 2.41. The van der Waals surface area contributed by atoms with Crippen LogP contribution in [-0.2, 0) is 0 Å². The molecule has 0 unspecified atom stereocenters. The highest BCUT2D eigenvalue weighted by atomic mass is 35.5. The van der Waals surface area contributed by atoms with Gasteiger partial charge in [-0.25, -0.2) is 0 Å². The van der Waals surface area contributed by atoms with Gasteiger partial charge in [-0.05, 0) is 44.5 Å². The molecule has 0 aliphatic carbocycles. The van der Waals surface area contributed by atoms with Crippen molar-refractivity contribution in [3.8, 4) is 0 Å². The molecular weight excluding hydrogens is 236 g/mol. The van der Waals surface area contributed by atoms with E-state index < -0.39 is 6.10 Å². The van der Waals surface area contributed by atoms with Crippen LogP contribution in [-0.4, -0.2) is 34.6 Å². The first kappa shape index (κ1) is 12.8. The predicted molar refractivity (Wildman–Crippen MR) is 69.1 cm³/mol. The summed E-state index contributed by atoms with van der Waals surface area (Å²) in [5.74, 6) is 0. The lowest BCUT2D eigenvalue weighted by Crippen LogP contribution is -2.31. The summed E-state index contributed by atoms with van der Waals surface area (Å²) in [6, 6.07) is 3.46. The highest BCUT2D eigenvalue weighted by Gasteiger charge is 2.14. The van der Waals surface area contributed by atoms with E-state index in [2.05, 4.69) is 9.88 Å². The van der Waals surface area contributed by atoms with Crippen molar-refractivity contribution in [1.29, 1.82) is 0 Å². The quantitative estimate of drug-likeness (QED) is 0.898. The molecule has 0 radical (unpaired) electrons. The molecule has 1 fully saturated rings. The Labute approximate surface area is 107 Å². The summed E-state index contributed by atoms with van der Waals surface area (Å²) in [6.45, 7) is 3.26. The zero-order valence-corrected chi connectivity index (χ0v) is 10.7. The van der Waals surface area contributed by atoms with Gasteiger partial charge in [-0.3, -0.25) is 4.98 Å². The third-order valence-corrected chi connectivity index (χ3v) is 3.49. The van der Waals surface area contributed by atoms with E-state index in [1.807, 2.05) is 0 Å². The smallest absolute Gasteiger partial charge is 0.0972 e. The summed E-state index contributed by atoms with van der Waals surface area (Å²) in [5, 5.41) is 10.7. The van der Waals surface area contributed by atoms with Gasteiger partial charge >= 0.3 is 0 Å². The van der Waals surface area contributed by atoms with Crippen molar-refractivity contribution in [3.05, 3.63) is 29.0 Å². The van der Waals surface area contributed by atoms with Crippen LogP contribution in [0.1, 0.15) is 37.5 Å². The van der Waals surface area contributed by atoms with Gasteiger partial charge in [0.15, 0.2) is 0 Å². The first-order chi connectivity index (χ1) is 8.25. The van der Waals surface area contributed by atoms with Gasteiger partial charge in [-0.15, -0.1) is 0 Å². The van der Waals surface area contributed by atoms with E-state index in [0.717, 1.165) is 26.1 Å². The van der Waals surface area contributed by atoms with Crippen LogP contribution in [0.5, 0.6) is 0 Å². The van der Waals surface area contributed by atoms with Crippen molar-refractivity contribution in [2.24, 2.45) is 0 Å². The summed E-state index contributed by atoms with van der Waals surface area (Å²) in [4.78, 5) is 6.56. The number of rotatable bonds is 4. The van der Waals surface area contributed by atoms with Gasteiger partial charge in [-0.2, -0.15) is 0 Å². The number of aliphatic hydroxyl groups excluding tert-OH is 1. The Bertz CT molecular complexity index is 353. The molecule has 4 heteroatoms. The van der Waals surface area contributed by atoms with Crippen LogP contribution in [0.3, 0.4) is 0 Å². The summed E-state index contributed by atoms with van der Waals surface area (Å²) >= 11 is 5.88. The summed E-state index contributed by atoms with van der Waals surface area (Å²) in [7, 11) is 0. The Morgan fingerprint density at radius 3 is 2.82 bits per heavy atom. The van der Waals surface area contributed by atoms with Crippen molar-refractivity contribution in [2.45, 2.75) is 31.8 Å². The molecule has 0 amide bonds. The van der Waals surface area contributed by atoms with Crippen molar-refractivity contribution < 1.29 is 5.11 Å². The molecule has 0 aromatic carbocycles. The molecule has 3 nitrogen and oxygen atoms in total. The zero-order valence-electron chi connectivity index (χ0n) is 9.98. The van der Waals surface area contributed by atoms with Gasteiger partial charge in [0.2, 0.25) is 0 Å². The lowest BCUT2D eigenvalue weighted by atomic mass is 10.1. The SMILES string of the molecule is O[C@@H](CCN1CCCCC1)c1cc(Cl)ccn1. The molecule has 2 rings (SSSR count). The number of aliphatic hydroxyl groups is 1. The van der Waals surface area contributed by atoms with Gasteiger partial charge in [0.1, 0.15) is 0 Å². The number of likely N-dealkylation sites (tertiary alicyclic amines) is 1. The highest BCUT2D eigenvalue weighted by molar-refractivity contribution is 6.30. The van der Waals surface area contributed by atoms with E-state index in [-0.39, 0.29) is 0 Å². The second-order valence-corrected chi connectivity index (χ2v) is 5.04. The number of piperidine rings is 1. The fraction of sp³-hybridized carbons (Fsp3) is 0.615. The molecule has 1 aliphatic heterocycles. The molecule has 94 valence electrons. The molecule has 2 heterocycles. The first-order valence-electron chi connectivity index (χ1n) is 6.27. The second-order valence-electron chi connectivity index (χ2n) is 4.61. The number of hydrogen-bond donors (Lipinski definition) is 1. The van der Waals surface area contributed by atoms with Crippen LogP contribution in [0.2, 0.25) is 5.02 Å². The minimum absolute atomic E-state index is 0.504. The molecule has 1 atom stereocenters. The Kier molecular flexibility index (Phi) is 4.77. The molecular formula is C13H19ClN2O. The third kappa shape index (κ3) is 3.95. The summed E-state index contributed by atoms with van der Waals surface area (Å²) in [6.07, 6.45) is 5.77.